The Morgan fingerprint density at radius 2 is 1.84 bits per heavy atom. The van der Waals surface area contributed by atoms with Crippen molar-refractivity contribution in [3.8, 4) is 11.5 Å². The van der Waals surface area contributed by atoms with E-state index in [9.17, 15) is 4.79 Å². The topological polar surface area (TPSA) is 68.6 Å². The number of aromatic nitrogens is 2. The number of hydrogen-bond acceptors (Lipinski definition) is 5. The van der Waals surface area contributed by atoms with Crippen molar-refractivity contribution in [3.63, 3.8) is 0 Å². The molecule has 1 aliphatic rings. The van der Waals surface area contributed by atoms with Crippen molar-refractivity contribution in [2.24, 2.45) is 13.0 Å². The average Bonchev–Trinajstić information content (AvgIpc) is 3.09. The lowest BCUT2D eigenvalue weighted by molar-refractivity contribution is 0.102. The Bertz CT molecular complexity index is 1080. The van der Waals surface area contributed by atoms with Gasteiger partial charge in [-0.2, -0.15) is 0 Å². The number of hydrogen-bond donors (Lipinski definition) is 1. The van der Waals surface area contributed by atoms with Crippen molar-refractivity contribution < 1.29 is 14.3 Å². The van der Waals surface area contributed by atoms with Crippen LogP contribution in [0.4, 0.5) is 5.69 Å². The highest BCUT2D eigenvalue weighted by atomic mass is 16.5. The second-order valence-corrected chi connectivity index (χ2v) is 8.27. The maximum Gasteiger partial charge on any atom is 0.255 e. The predicted molar refractivity (Wildman–Crippen MR) is 122 cm³/mol. The summed E-state index contributed by atoms with van der Waals surface area (Å²) in [5.74, 6) is 2.76. The number of imidazole rings is 1. The SMILES string of the molecule is COc1ccc(C(=O)Nc2ccc3c(c2)nc(CN2CCC(C)CC2)n3C)cc1OC. The largest absolute Gasteiger partial charge is 0.493 e. The summed E-state index contributed by atoms with van der Waals surface area (Å²) >= 11 is 0. The molecule has 2 aromatic carbocycles. The minimum atomic E-state index is -0.209. The third-order valence-corrected chi connectivity index (χ3v) is 6.12. The van der Waals surface area contributed by atoms with Crippen molar-refractivity contribution in [2.45, 2.75) is 26.3 Å². The zero-order valence-corrected chi connectivity index (χ0v) is 18.6. The zero-order valence-electron chi connectivity index (χ0n) is 18.6. The van der Waals surface area contributed by atoms with E-state index in [1.165, 1.54) is 12.8 Å². The van der Waals surface area contributed by atoms with Gasteiger partial charge in [0.25, 0.3) is 5.91 Å². The van der Waals surface area contributed by atoms with Crippen LogP contribution in [0.1, 0.15) is 35.9 Å². The third kappa shape index (κ3) is 4.51. The molecule has 3 aromatic rings. The predicted octanol–water partition coefficient (Wildman–Crippen LogP) is 4.07. The van der Waals surface area contributed by atoms with Gasteiger partial charge in [-0.05, 0) is 68.2 Å². The number of likely N-dealkylation sites (tertiary alicyclic amines) is 1. The number of nitrogens with one attached hydrogen (secondary N) is 1. The Morgan fingerprint density at radius 3 is 2.55 bits per heavy atom. The van der Waals surface area contributed by atoms with E-state index in [1.807, 2.05) is 18.2 Å². The number of nitrogens with zero attached hydrogens (tertiary/aromatic N) is 3. The van der Waals surface area contributed by atoms with Crippen molar-refractivity contribution >= 4 is 22.6 Å². The van der Waals surface area contributed by atoms with Gasteiger partial charge in [0.05, 0.1) is 31.8 Å². The number of benzene rings is 2. The summed E-state index contributed by atoms with van der Waals surface area (Å²) in [7, 11) is 5.18. The molecule has 1 N–H and O–H groups in total. The van der Waals surface area contributed by atoms with E-state index in [0.717, 1.165) is 42.4 Å². The second kappa shape index (κ2) is 8.98. The first-order valence-corrected chi connectivity index (χ1v) is 10.7. The number of carbonyl (C=O) groups is 1. The molecular weight excluding hydrogens is 392 g/mol. The molecule has 0 aliphatic carbocycles. The maximum absolute atomic E-state index is 12.7. The van der Waals surface area contributed by atoms with Crippen LogP contribution >= 0.6 is 0 Å². The van der Waals surface area contributed by atoms with Crippen LogP contribution in [0, 0.1) is 5.92 Å². The number of anilines is 1. The van der Waals surface area contributed by atoms with Crippen LogP contribution in [0.5, 0.6) is 11.5 Å². The van der Waals surface area contributed by atoms with Crippen LogP contribution in [0.25, 0.3) is 11.0 Å². The summed E-state index contributed by atoms with van der Waals surface area (Å²) in [6.07, 6.45) is 2.49. The molecular formula is C24H30N4O3. The summed E-state index contributed by atoms with van der Waals surface area (Å²) in [6.45, 7) is 5.42. The third-order valence-electron chi connectivity index (χ3n) is 6.12. The Morgan fingerprint density at radius 1 is 1.10 bits per heavy atom. The Labute approximate surface area is 183 Å². The lowest BCUT2D eigenvalue weighted by Crippen LogP contribution is -2.33. The highest BCUT2D eigenvalue weighted by Crippen LogP contribution is 2.28. The van der Waals surface area contributed by atoms with Gasteiger partial charge in [-0.1, -0.05) is 6.92 Å². The van der Waals surface area contributed by atoms with E-state index in [1.54, 1.807) is 32.4 Å². The fourth-order valence-electron chi connectivity index (χ4n) is 4.07. The quantitative estimate of drug-likeness (QED) is 0.648. The zero-order chi connectivity index (χ0) is 22.0. The fourth-order valence-corrected chi connectivity index (χ4v) is 4.07. The van der Waals surface area contributed by atoms with Crippen molar-refractivity contribution in [2.75, 3.05) is 32.6 Å². The highest BCUT2D eigenvalue weighted by Gasteiger charge is 2.18. The molecule has 1 fully saturated rings. The molecule has 7 nitrogen and oxygen atoms in total. The molecule has 164 valence electrons. The van der Waals surface area contributed by atoms with Gasteiger partial charge in [0.2, 0.25) is 0 Å². The second-order valence-electron chi connectivity index (χ2n) is 8.27. The van der Waals surface area contributed by atoms with Gasteiger partial charge in [-0.25, -0.2) is 4.98 Å². The summed E-state index contributed by atoms with van der Waals surface area (Å²) in [4.78, 5) is 20.1. The molecule has 0 saturated carbocycles. The molecule has 31 heavy (non-hydrogen) atoms. The standard InChI is InChI=1S/C24H30N4O3/c1-16-9-11-28(12-10-16)15-23-26-19-14-18(6-7-20(19)27(23)2)25-24(29)17-5-8-21(30-3)22(13-17)31-4/h5-8,13-14,16H,9-12,15H2,1-4H3,(H,25,29). The summed E-state index contributed by atoms with van der Waals surface area (Å²) in [5.41, 5.74) is 3.15. The summed E-state index contributed by atoms with van der Waals surface area (Å²) in [6, 6.07) is 11.0. The first-order valence-electron chi connectivity index (χ1n) is 10.7. The van der Waals surface area contributed by atoms with Crippen LogP contribution < -0.4 is 14.8 Å². The lowest BCUT2D eigenvalue weighted by Gasteiger charge is -2.29. The van der Waals surface area contributed by atoms with Crippen LogP contribution in [-0.4, -0.2) is 47.7 Å². The van der Waals surface area contributed by atoms with E-state index in [-0.39, 0.29) is 5.91 Å². The molecule has 1 aliphatic heterocycles. The van der Waals surface area contributed by atoms with Crippen molar-refractivity contribution in [3.05, 3.63) is 47.8 Å². The minimum Gasteiger partial charge on any atom is -0.493 e. The molecule has 0 radical (unpaired) electrons. The van der Waals surface area contributed by atoms with Gasteiger partial charge in [0.15, 0.2) is 11.5 Å². The van der Waals surface area contributed by atoms with Gasteiger partial charge < -0.3 is 19.4 Å². The number of rotatable bonds is 6. The first kappa shape index (κ1) is 21.2. The molecule has 1 amide bonds. The summed E-state index contributed by atoms with van der Waals surface area (Å²) < 4.78 is 12.7. The van der Waals surface area contributed by atoms with Gasteiger partial charge in [0.1, 0.15) is 5.82 Å². The summed E-state index contributed by atoms with van der Waals surface area (Å²) in [5, 5.41) is 2.96. The molecule has 0 atom stereocenters. The molecule has 2 heterocycles. The Hall–Kier alpha value is -3.06. The fraction of sp³-hybridized carbons (Fsp3) is 0.417. The lowest BCUT2D eigenvalue weighted by atomic mass is 9.99. The number of piperidine rings is 1. The molecule has 1 saturated heterocycles. The van der Waals surface area contributed by atoms with Crippen LogP contribution in [0.15, 0.2) is 36.4 Å². The highest BCUT2D eigenvalue weighted by molar-refractivity contribution is 6.05. The number of amides is 1. The van der Waals surface area contributed by atoms with Gasteiger partial charge >= 0.3 is 0 Å². The van der Waals surface area contributed by atoms with Crippen LogP contribution in [0.3, 0.4) is 0 Å². The van der Waals surface area contributed by atoms with Crippen molar-refractivity contribution in [1.29, 1.82) is 0 Å². The van der Waals surface area contributed by atoms with Gasteiger partial charge in [-0.3, -0.25) is 9.69 Å². The van der Waals surface area contributed by atoms with E-state index in [2.05, 4.69) is 28.8 Å². The average molecular weight is 423 g/mol. The number of methoxy groups -OCH3 is 2. The first-order chi connectivity index (χ1) is 15.0. The van der Waals surface area contributed by atoms with Gasteiger partial charge in [-0.15, -0.1) is 0 Å². The van der Waals surface area contributed by atoms with Crippen LogP contribution in [-0.2, 0) is 13.6 Å². The van der Waals surface area contributed by atoms with E-state index in [0.29, 0.717) is 22.7 Å². The van der Waals surface area contributed by atoms with Crippen LogP contribution in [0.2, 0.25) is 0 Å². The number of carbonyl (C=O) groups excluding carboxylic acids is 1. The van der Waals surface area contributed by atoms with Gasteiger partial charge in [0, 0.05) is 18.3 Å². The number of fused-ring (bicyclic) bond motifs is 1. The van der Waals surface area contributed by atoms with E-state index >= 15 is 0 Å². The van der Waals surface area contributed by atoms with Crippen molar-refractivity contribution in [1.82, 2.24) is 14.5 Å². The Balaban J connectivity index is 1.51. The molecule has 4 rings (SSSR count). The minimum absolute atomic E-state index is 0.209. The molecule has 1 aromatic heterocycles. The van der Waals surface area contributed by atoms with E-state index in [4.69, 9.17) is 14.5 Å². The van der Waals surface area contributed by atoms with E-state index < -0.39 is 0 Å². The maximum atomic E-state index is 12.7. The molecule has 0 bridgehead atoms. The molecule has 7 heteroatoms. The Kier molecular flexibility index (Phi) is 6.13. The normalized spacial score (nSPS) is 15.2. The smallest absolute Gasteiger partial charge is 0.255 e. The number of ether oxygens (including phenoxy) is 2. The molecule has 0 spiro atoms. The molecule has 0 unspecified atom stereocenters. The monoisotopic (exact) mass is 422 g/mol. The number of aryl methyl sites for hydroxylation is 1.